The van der Waals surface area contributed by atoms with Gasteiger partial charge in [0, 0.05) is 30.2 Å². The number of hydrogen-bond donors (Lipinski definition) is 1. The summed E-state index contributed by atoms with van der Waals surface area (Å²) in [6.45, 7) is 7.24. The van der Waals surface area contributed by atoms with Crippen LogP contribution in [0.25, 0.3) is 0 Å². The number of nitrogens with zero attached hydrogens (tertiary/aromatic N) is 2. The second-order valence-corrected chi connectivity index (χ2v) is 6.04. The van der Waals surface area contributed by atoms with E-state index in [1.165, 1.54) is 11.3 Å². The van der Waals surface area contributed by atoms with Crippen LogP contribution in [-0.2, 0) is 13.5 Å². The summed E-state index contributed by atoms with van der Waals surface area (Å²) in [7, 11) is 2.00. The van der Waals surface area contributed by atoms with Crippen LogP contribution in [0.2, 0.25) is 5.02 Å². The zero-order valence-electron chi connectivity index (χ0n) is 13.3. The Bertz CT molecular complexity index is 604. The zero-order chi connectivity index (χ0) is 15.4. The number of rotatable bonds is 6. The third kappa shape index (κ3) is 4.08. The first-order valence-electron chi connectivity index (χ1n) is 7.50. The third-order valence-corrected chi connectivity index (χ3v) is 4.01. The van der Waals surface area contributed by atoms with E-state index in [1.54, 1.807) is 0 Å². The maximum Gasteiger partial charge on any atom is 0.0596 e. The number of halogens is 1. The highest BCUT2D eigenvalue weighted by atomic mass is 35.5. The van der Waals surface area contributed by atoms with Crippen molar-refractivity contribution in [1.29, 1.82) is 0 Å². The van der Waals surface area contributed by atoms with Gasteiger partial charge in [0.25, 0.3) is 0 Å². The Morgan fingerprint density at radius 1 is 1.29 bits per heavy atom. The lowest BCUT2D eigenvalue weighted by Crippen LogP contribution is -2.25. The summed E-state index contributed by atoms with van der Waals surface area (Å²) in [5, 5.41) is 8.87. The van der Waals surface area contributed by atoms with Gasteiger partial charge in [-0.1, -0.05) is 30.7 Å². The summed E-state index contributed by atoms with van der Waals surface area (Å²) in [6, 6.07) is 8.65. The molecule has 114 valence electrons. The van der Waals surface area contributed by atoms with Crippen LogP contribution in [-0.4, -0.2) is 16.3 Å². The second kappa shape index (κ2) is 7.10. The van der Waals surface area contributed by atoms with Gasteiger partial charge in [0.1, 0.15) is 0 Å². The molecule has 0 fully saturated rings. The number of nitrogens with one attached hydrogen (secondary N) is 1. The minimum Gasteiger partial charge on any atom is -0.310 e. The maximum atomic E-state index is 6.45. The van der Waals surface area contributed by atoms with Crippen LogP contribution in [0.15, 0.2) is 24.3 Å². The maximum absolute atomic E-state index is 6.45. The molecule has 0 amide bonds. The first-order valence-corrected chi connectivity index (χ1v) is 7.88. The normalized spacial score (nSPS) is 12.6. The molecule has 2 aromatic rings. The molecule has 1 aromatic carbocycles. The minimum atomic E-state index is 0.216. The Labute approximate surface area is 132 Å². The molecule has 0 spiro atoms. The molecule has 1 atom stereocenters. The van der Waals surface area contributed by atoms with Gasteiger partial charge in [-0.2, -0.15) is 5.10 Å². The van der Waals surface area contributed by atoms with Crippen LogP contribution in [0.4, 0.5) is 0 Å². The Kier molecular flexibility index (Phi) is 5.43. The third-order valence-electron chi connectivity index (χ3n) is 3.68. The quantitative estimate of drug-likeness (QED) is 0.875. The molecule has 0 aliphatic carbocycles. The first kappa shape index (κ1) is 16.1. The molecule has 1 unspecified atom stereocenters. The van der Waals surface area contributed by atoms with Gasteiger partial charge in [-0.25, -0.2) is 0 Å². The van der Waals surface area contributed by atoms with Crippen molar-refractivity contribution in [2.75, 3.05) is 6.54 Å². The van der Waals surface area contributed by atoms with Crippen molar-refractivity contribution < 1.29 is 0 Å². The number of aromatic nitrogens is 2. The Morgan fingerprint density at radius 3 is 2.62 bits per heavy atom. The molecule has 1 aromatic heterocycles. The van der Waals surface area contributed by atoms with Gasteiger partial charge >= 0.3 is 0 Å². The van der Waals surface area contributed by atoms with E-state index < -0.39 is 0 Å². The van der Waals surface area contributed by atoms with E-state index in [-0.39, 0.29) is 6.04 Å². The Hall–Kier alpha value is -1.32. The Balaban J connectivity index is 2.27. The fourth-order valence-corrected chi connectivity index (χ4v) is 2.96. The lowest BCUT2D eigenvalue weighted by Gasteiger charge is -2.20. The van der Waals surface area contributed by atoms with E-state index in [0.29, 0.717) is 0 Å². The zero-order valence-corrected chi connectivity index (χ0v) is 14.0. The van der Waals surface area contributed by atoms with E-state index in [0.717, 1.165) is 35.7 Å². The number of benzene rings is 1. The smallest absolute Gasteiger partial charge is 0.0596 e. The number of hydrogen-bond acceptors (Lipinski definition) is 2. The van der Waals surface area contributed by atoms with Crippen molar-refractivity contribution >= 4 is 11.6 Å². The van der Waals surface area contributed by atoms with Crippen molar-refractivity contribution in [1.82, 2.24) is 15.1 Å². The van der Waals surface area contributed by atoms with E-state index in [2.05, 4.69) is 42.5 Å². The molecule has 1 heterocycles. The van der Waals surface area contributed by atoms with Gasteiger partial charge in [0.2, 0.25) is 0 Å². The van der Waals surface area contributed by atoms with Gasteiger partial charge in [-0.05, 0) is 50.1 Å². The molecule has 0 radical (unpaired) electrons. The summed E-state index contributed by atoms with van der Waals surface area (Å²) < 4.78 is 1.96. The van der Waals surface area contributed by atoms with Crippen LogP contribution >= 0.6 is 11.6 Å². The molecule has 0 saturated heterocycles. The van der Waals surface area contributed by atoms with Crippen molar-refractivity contribution in [2.45, 2.75) is 39.7 Å². The highest BCUT2D eigenvalue weighted by Gasteiger charge is 2.17. The highest BCUT2D eigenvalue weighted by Crippen LogP contribution is 2.27. The van der Waals surface area contributed by atoms with Gasteiger partial charge in [-0.15, -0.1) is 0 Å². The van der Waals surface area contributed by atoms with E-state index in [1.807, 2.05) is 24.7 Å². The molecule has 0 bridgehead atoms. The predicted octanol–water partition coefficient (Wildman–Crippen LogP) is 3.97. The average molecular weight is 306 g/mol. The fourth-order valence-electron chi connectivity index (χ4n) is 2.59. The van der Waals surface area contributed by atoms with E-state index in [4.69, 9.17) is 11.6 Å². The molecule has 21 heavy (non-hydrogen) atoms. The predicted molar refractivity (Wildman–Crippen MR) is 88.9 cm³/mol. The molecule has 0 saturated carbocycles. The lowest BCUT2D eigenvalue weighted by atomic mass is 10.00. The standard InChI is InChI=1S/C17H24ClN3/c1-5-8-19-17(11-14-10-13(3)20-21(14)4)15-7-6-12(2)9-16(15)18/h6-7,9-10,17,19H,5,8,11H2,1-4H3. The molecular weight excluding hydrogens is 282 g/mol. The lowest BCUT2D eigenvalue weighted by molar-refractivity contribution is 0.512. The summed E-state index contributed by atoms with van der Waals surface area (Å²) in [5.74, 6) is 0. The van der Waals surface area contributed by atoms with Crippen molar-refractivity contribution in [3.8, 4) is 0 Å². The molecule has 0 aliphatic heterocycles. The van der Waals surface area contributed by atoms with E-state index >= 15 is 0 Å². The van der Waals surface area contributed by atoms with Crippen molar-refractivity contribution in [3.63, 3.8) is 0 Å². The van der Waals surface area contributed by atoms with Crippen LogP contribution in [0, 0.1) is 13.8 Å². The average Bonchev–Trinajstić information content (AvgIpc) is 2.73. The van der Waals surface area contributed by atoms with Crippen LogP contribution < -0.4 is 5.32 Å². The first-order chi connectivity index (χ1) is 10.0. The second-order valence-electron chi connectivity index (χ2n) is 5.64. The molecular formula is C17H24ClN3. The molecule has 4 heteroatoms. The molecule has 3 nitrogen and oxygen atoms in total. The molecule has 2 rings (SSSR count). The van der Waals surface area contributed by atoms with Gasteiger partial charge in [0.05, 0.1) is 5.69 Å². The minimum absolute atomic E-state index is 0.216. The van der Waals surface area contributed by atoms with Crippen molar-refractivity contribution in [3.05, 3.63) is 51.8 Å². The topological polar surface area (TPSA) is 29.9 Å². The van der Waals surface area contributed by atoms with Gasteiger partial charge in [-0.3, -0.25) is 4.68 Å². The summed E-state index contributed by atoms with van der Waals surface area (Å²) in [5.41, 5.74) is 4.62. The van der Waals surface area contributed by atoms with Gasteiger partial charge in [0.15, 0.2) is 0 Å². The van der Waals surface area contributed by atoms with Gasteiger partial charge < -0.3 is 5.32 Å². The highest BCUT2D eigenvalue weighted by molar-refractivity contribution is 6.31. The molecule has 0 aliphatic rings. The summed E-state index contributed by atoms with van der Waals surface area (Å²) in [6.07, 6.45) is 1.99. The Morgan fingerprint density at radius 2 is 2.05 bits per heavy atom. The van der Waals surface area contributed by atoms with Crippen molar-refractivity contribution in [2.24, 2.45) is 7.05 Å². The largest absolute Gasteiger partial charge is 0.310 e. The SMILES string of the molecule is CCCNC(Cc1cc(C)nn1C)c1ccc(C)cc1Cl. The monoisotopic (exact) mass is 305 g/mol. The summed E-state index contributed by atoms with van der Waals surface area (Å²) in [4.78, 5) is 0. The van der Waals surface area contributed by atoms with E-state index in [9.17, 15) is 0 Å². The molecule has 1 N–H and O–H groups in total. The van der Waals surface area contributed by atoms with Crippen LogP contribution in [0.5, 0.6) is 0 Å². The van der Waals surface area contributed by atoms with Crippen LogP contribution in [0.3, 0.4) is 0 Å². The van der Waals surface area contributed by atoms with Crippen LogP contribution in [0.1, 0.15) is 41.9 Å². The number of aryl methyl sites for hydroxylation is 3. The fraction of sp³-hybridized carbons (Fsp3) is 0.471. The summed E-state index contributed by atoms with van der Waals surface area (Å²) >= 11 is 6.45.